The molecule has 7 rings (SSSR count). The lowest BCUT2D eigenvalue weighted by atomic mass is 9.90. The number of amides is 4. The van der Waals surface area contributed by atoms with Crippen molar-refractivity contribution in [2.45, 2.75) is 56.7 Å². The number of aromatic nitrogens is 2. The summed E-state index contributed by atoms with van der Waals surface area (Å²) in [5.74, 6) is 0.0460. The van der Waals surface area contributed by atoms with Gasteiger partial charge in [-0.25, -0.2) is 4.79 Å². The average molecular weight is 510 g/mol. The molecule has 8 nitrogen and oxygen atoms in total. The number of urea groups is 1. The molecular formula is C30H31N5O3. The Morgan fingerprint density at radius 2 is 1.84 bits per heavy atom. The molecule has 1 aromatic heterocycles. The first-order chi connectivity index (χ1) is 18.4. The number of fused-ring (bicyclic) bond motifs is 3. The van der Waals surface area contributed by atoms with Crippen molar-refractivity contribution >= 4 is 17.8 Å². The van der Waals surface area contributed by atoms with Crippen molar-refractivity contribution in [1.29, 1.82) is 0 Å². The number of nitrogens with zero attached hydrogens (tertiary/aromatic N) is 4. The van der Waals surface area contributed by atoms with Gasteiger partial charge >= 0.3 is 6.03 Å². The third-order valence-corrected chi connectivity index (χ3v) is 8.90. The largest absolute Gasteiger partial charge is 0.334 e. The molecule has 3 aromatic rings. The van der Waals surface area contributed by atoms with E-state index in [0.29, 0.717) is 25.3 Å². The number of imide groups is 1. The van der Waals surface area contributed by atoms with E-state index in [0.717, 1.165) is 58.4 Å². The van der Waals surface area contributed by atoms with Gasteiger partial charge in [-0.1, -0.05) is 42.5 Å². The molecule has 4 aliphatic rings. The molecule has 2 aliphatic carbocycles. The van der Waals surface area contributed by atoms with Gasteiger partial charge in [0.25, 0.3) is 5.91 Å². The highest BCUT2D eigenvalue weighted by molar-refractivity contribution is 6.10. The zero-order valence-electron chi connectivity index (χ0n) is 21.5. The summed E-state index contributed by atoms with van der Waals surface area (Å²) in [4.78, 5) is 43.8. The quantitative estimate of drug-likeness (QED) is 0.545. The van der Waals surface area contributed by atoms with E-state index in [9.17, 15) is 14.4 Å². The van der Waals surface area contributed by atoms with Crippen LogP contribution in [0, 0.1) is 5.92 Å². The highest BCUT2D eigenvalue weighted by atomic mass is 16.2. The van der Waals surface area contributed by atoms with Gasteiger partial charge in [0.2, 0.25) is 5.91 Å². The van der Waals surface area contributed by atoms with E-state index in [4.69, 9.17) is 0 Å². The Bertz CT molecular complexity index is 1470. The van der Waals surface area contributed by atoms with Crippen molar-refractivity contribution < 1.29 is 14.4 Å². The summed E-state index contributed by atoms with van der Waals surface area (Å²) in [6, 6.07) is 14.0. The minimum absolute atomic E-state index is 0.149. The van der Waals surface area contributed by atoms with Crippen molar-refractivity contribution in [2.75, 3.05) is 6.54 Å². The summed E-state index contributed by atoms with van der Waals surface area (Å²) in [5.41, 5.74) is 5.27. The zero-order chi connectivity index (χ0) is 26.0. The summed E-state index contributed by atoms with van der Waals surface area (Å²) in [6.45, 7) is 0.311. The lowest BCUT2D eigenvalue weighted by Gasteiger charge is -2.31. The second kappa shape index (κ2) is 8.55. The van der Waals surface area contributed by atoms with Gasteiger partial charge in [0.15, 0.2) is 0 Å². The predicted molar refractivity (Wildman–Crippen MR) is 141 cm³/mol. The monoisotopic (exact) mass is 509 g/mol. The molecule has 2 atom stereocenters. The molecule has 2 fully saturated rings. The Labute approximate surface area is 221 Å². The van der Waals surface area contributed by atoms with Crippen LogP contribution in [-0.2, 0) is 41.6 Å². The highest BCUT2D eigenvalue weighted by Crippen LogP contribution is 2.43. The topological polar surface area (TPSA) is 87.5 Å². The first-order valence-electron chi connectivity index (χ1n) is 13.6. The lowest BCUT2D eigenvalue weighted by Crippen LogP contribution is -2.48. The van der Waals surface area contributed by atoms with E-state index < -0.39 is 11.6 Å². The van der Waals surface area contributed by atoms with Crippen molar-refractivity contribution in [3.8, 4) is 11.1 Å². The van der Waals surface area contributed by atoms with Crippen LogP contribution in [0.1, 0.15) is 47.9 Å². The van der Waals surface area contributed by atoms with Crippen molar-refractivity contribution in [1.82, 2.24) is 24.9 Å². The fraction of sp³-hybridized carbons (Fsp3) is 0.400. The van der Waals surface area contributed by atoms with Crippen LogP contribution in [0.25, 0.3) is 11.1 Å². The second-order valence-electron chi connectivity index (χ2n) is 11.2. The number of rotatable bonds is 4. The molecule has 8 heteroatoms. The molecule has 3 heterocycles. The summed E-state index contributed by atoms with van der Waals surface area (Å²) >= 11 is 0. The number of nitrogens with one attached hydrogen (secondary N) is 1. The number of carbonyl (C=O) groups excluding carboxylic acids is 3. The molecule has 1 saturated carbocycles. The van der Waals surface area contributed by atoms with E-state index in [2.05, 4.69) is 28.6 Å². The van der Waals surface area contributed by atoms with E-state index in [1.54, 1.807) is 4.68 Å². The van der Waals surface area contributed by atoms with Gasteiger partial charge in [0, 0.05) is 31.4 Å². The molecule has 1 unspecified atom stereocenters. The Hall–Kier alpha value is -3.94. The predicted octanol–water partition coefficient (Wildman–Crippen LogP) is 3.53. The zero-order valence-corrected chi connectivity index (χ0v) is 21.5. The Kier molecular flexibility index (Phi) is 5.22. The van der Waals surface area contributed by atoms with Crippen LogP contribution in [0.15, 0.2) is 54.9 Å². The van der Waals surface area contributed by atoms with Crippen LogP contribution < -0.4 is 5.32 Å². The fourth-order valence-corrected chi connectivity index (χ4v) is 6.73. The Balaban J connectivity index is 1.14. The summed E-state index contributed by atoms with van der Waals surface area (Å²) in [7, 11) is 1.88. The minimum Gasteiger partial charge on any atom is -0.334 e. The van der Waals surface area contributed by atoms with E-state index >= 15 is 0 Å². The van der Waals surface area contributed by atoms with Crippen LogP contribution in [0.5, 0.6) is 0 Å². The summed E-state index contributed by atoms with van der Waals surface area (Å²) in [6.07, 6.45) is 9.09. The molecular weight excluding hydrogens is 478 g/mol. The number of carbonyl (C=O) groups is 3. The average Bonchev–Trinajstić information content (AvgIpc) is 3.55. The molecule has 1 spiro atoms. The Morgan fingerprint density at radius 3 is 2.61 bits per heavy atom. The number of benzene rings is 2. The van der Waals surface area contributed by atoms with Crippen molar-refractivity contribution in [2.24, 2.45) is 13.0 Å². The molecule has 38 heavy (non-hydrogen) atoms. The van der Waals surface area contributed by atoms with E-state index in [-0.39, 0.29) is 24.4 Å². The van der Waals surface area contributed by atoms with Crippen LogP contribution in [0.2, 0.25) is 0 Å². The standard InChI is InChI=1S/C30H31N5O3/c1-33-16-24(15-31-33)21-8-10-25-22(14-21)12-13-30(25)28(37)35(29(38)32-30)18-27(36)34-17-23-5-3-2-4-19(23)9-11-26(34)20-6-7-20/h2-5,8,10,14-16,20,26H,6-7,9,11-13,17-18H2,1H3,(H,32,38)/t26-,30?/m0/s1. The molecule has 0 radical (unpaired) electrons. The molecule has 4 amide bonds. The summed E-state index contributed by atoms with van der Waals surface area (Å²) < 4.78 is 1.76. The fourth-order valence-electron chi connectivity index (χ4n) is 6.73. The van der Waals surface area contributed by atoms with Crippen LogP contribution in [-0.4, -0.2) is 50.0 Å². The van der Waals surface area contributed by atoms with E-state index in [1.165, 1.54) is 5.56 Å². The first-order valence-corrected chi connectivity index (χ1v) is 13.6. The normalized spacial score (nSPS) is 24.4. The minimum atomic E-state index is -1.10. The van der Waals surface area contributed by atoms with Crippen LogP contribution in [0.4, 0.5) is 4.79 Å². The van der Waals surface area contributed by atoms with Crippen LogP contribution >= 0.6 is 0 Å². The van der Waals surface area contributed by atoms with Gasteiger partial charge in [-0.2, -0.15) is 5.10 Å². The van der Waals surface area contributed by atoms with Crippen molar-refractivity contribution in [3.63, 3.8) is 0 Å². The van der Waals surface area contributed by atoms with Gasteiger partial charge in [0.05, 0.1) is 6.20 Å². The first kappa shape index (κ1) is 23.2. The summed E-state index contributed by atoms with van der Waals surface area (Å²) in [5, 5.41) is 7.24. The SMILES string of the molecule is Cn1cc(-c2ccc3c(c2)CCC32NC(=O)N(CC(=O)N3Cc4ccccc4CC[C@H]3C3CC3)C2=O)cn1. The lowest BCUT2D eigenvalue weighted by molar-refractivity contribution is -0.141. The highest BCUT2D eigenvalue weighted by Gasteiger charge is 2.56. The van der Waals surface area contributed by atoms with Gasteiger partial charge in [-0.05, 0) is 72.3 Å². The molecule has 194 valence electrons. The number of aryl methyl sites for hydroxylation is 3. The Morgan fingerprint density at radius 1 is 1.03 bits per heavy atom. The molecule has 2 aliphatic heterocycles. The molecule has 2 aromatic carbocycles. The van der Waals surface area contributed by atoms with Gasteiger partial charge < -0.3 is 10.2 Å². The second-order valence-corrected chi connectivity index (χ2v) is 11.2. The molecule has 1 N–H and O–H groups in total. The van der Waals surface area contributed by atoms with Gasteiger partial charge in [-0.15, -0.1) is 0 Å². The third kappa shape index (κ3) is 3.65. The number of hydrogen-bond donors (Lipinski definition) is 1. The van der Waals surface area contributed by atoms with Crippen molar-refractivity contribution in [3.05, 3.63) is 77.1 Å². The van der Waals surface area contributed by atoms with E-state index in [1.807, 2.05) is 48.6 Å². The smallest absolute Gasteiger partial charge is 0.325 e. The maximum atomic E-state index is 13.8. The van der Waals surface area contributed by atoms with Gasteiger partial charge in [0.1, 0.15) is 12.1 Å². The third-order valence-electron chi connectivity index (χ3n) is 8.90. The maximum absolute atomic E-state index is 13.8. The van der Waals surface area contributed by atoms with Crippen LogP contribution in [0.3, 0.4) is 0 Å². The molecule has 1 saturated heterocycles. The number of hydrogen-bond acceptors (Lipinski definition) is 4. The van der Waals surface area contributed by atoms with Gasteiger partial charge in [-0.3, -0.25) is 19.2 Å². The maximum Gasteiger partial charge on any atom is 0.325 e. The molecule has 0 bridgehead atoms.